The van der Waals surface area contributed by atoms with E-state index in [1.807, 2.05) is 0 Å². The fraction of sp³-hybridized carbons (Fsp3) is 0.261. The van der Waals surface area contributed by atoms with E-state index in [0.717, 1.165) is 6.54 Å². The van der Waals surface area contributed by atoms with Crippen molar-refractivity contribution in [1.29, 1.82) is 0 Å². The topological polar surface area (TPSA) is 27.4 Å². The average molecular weight is 504 g/mol. The van der Waals surface area contributed by atoms with Crippen molar-refractivity contribution < 1.29 is 33.7 Å². The lowest BCUT2D eigenvalue weighted by Crippen LogP contribution is -3.00. The number of hydrogen-bond donors (Lipinski definition) is 1. The summed E-state index contributed by atoms with van der Waals surface area (Å²) in [5.74, 6) is 0. The average Bonchev–Trinajstić information content (AvgIpc) is 2.98. The number of hydrogen-bond acceptors (Lipinski definition) is 3. The molecular weight excluding hydrogens is 479 g/mol. The second kappa shape index (κ2) is 8.84. The number of benzene rings is 2. The molecule has 0 aliphatic carbocycles. The van der Waals surface area contributed by atoms with E-state index in [4.69, 9.17) is 0 Å². The van der Waals surface area contributed by atoms with Gasteiger partial charge in [0.2, 0.25) is 11.2 Å². The van der Waals surface area contributed by atoms with Gasteiger partial charge in [0.25, 0.3) is 0 Å². The van der Waals surface area contributed by atoms with Gasteiger partial charge in [0.1, 0.15) is 6.54 Å². The molecule has 0 saturated carbocycles. The van der Waals surface area contributed by atoms with Crippen molar-refractivity contribution in [3.8, 4) is 0 Å². The lowest BCUT2D eigenvalue weighted by molar-refractivity contribution is -0.669. The molecule has 0 saturated heterocycles. The van der Waals surface area contributed by atoms with Gasteiger partial charge in [0.05, 0.1) is 17.3 Å². The van der Waals surface area contributed by atoms with E-state index in [0.29, 0.717) is 6.54 Å². The molecule has 3 nitrogen and oxygen atoms in total. The Morgan fingerprint density at radius 2 is 1.79 bits per heavy atom. The Morgan fingerprint density at radius 3 is 2.54 bits per heavy atom. The third kappa shape index (κ3) is 3.93. The SMILES string of the molecule is CC[n+]1c(/C=C2\Sc3cc(C)ccc3N2CCO)ccc2cc(C)ccc21.[I-]. The van der Waals surface area contributed by atoms with Crippen molar-refractivity contribution in [2.24, 2.45) is 0 Å². The van der Waals surface area contributed by atoms with Crippen LogP contribution in [0.5, 0.6) is 0 Å². The van der Waals surface area contributed by atoms with Gasteiger partial charge in [-0.2, -0.15) is 4.57 Å². The minimum Gasteiger partial charge on any atom is -1.00 e. The van der Waals surface area contributed by atoms with Gasteiger partial charge in [-0.15, -0.1) is 0 Å². The highest BCUT2D eigenvalue weighted by Gasteiger charge is 2.26. The second-order valence-corrected chi connectivity index (χ2v) is 8.06. The number of fused-ring (bicyclic) bond motifs is 2. The predicted octanol–water partition coefficient (Wildman–Crippen LogP) is 1.67. The molecular formula is C23H25IN2OS. The van der Waals surface area contributed by atoms with E-state index in [1.165, 1.54) is 43.3 Å². The van der Waals surface area contributed by atoms with Crippen LogP contribution in [-0.4, -0.2) is 18.3 Å². The number of pyridine rings is 1. The molecule has 2 aromatic carbocycles. The molecule has 0 spiro atoms. The molecule has 5 heteroatoms. The Morgan fingerprint density at radius 1 is 1.04 bits per heavy atom. The number of aryl methyl sites for hydroxylation is 3. The maximum Gasteiger partial charge on any atom is 0.212 e. The molecule has 4 rings (SSSR count). The molecule has 0 atom stereocenters. The molecule has 0 unspecified atom stereocenters. The quantitative estimate of drug-likeness (QED) is 0.433. The van der Waals surface area contributed by atoms with Crippen molar-refractivity contribution in [2.75, 3.05) is 18.1 Å². The Bertz CT molecular complexity index is 1050. The number of nitrogens with zero attached hydrogens (tertiary/aromatic N) is 2. The molecule has 146 valence electrons. The van der Waals surface area contributed by atoms with Crippen LogP contribution in [0.4, 0.5) is 5.69 Å². The van der Waals surface area contributed by atoms with Crippen molar-refractivity contribution in [3.63, 3.8) is 0 Å². The van der Waals surface area contributed by atoms with Crippen LogP contribution >= 0.6 is 11.8 Å². The van der Waals surface area contributed by atoms with E-state index in [2.05, 4.69) is 84.8 Å². The molecule has 0 radical (unpaired) electrons. The number of rotatable bonds is 4. The Hall–Kier alpha value is -1.57. The van der Waals surface area contributed by atoms with Crippen LogP contribution in [0.3, 0.4) is 0 Å². The van der Waals surface area contributed by atoms with Gasteiger partial charge in [0, 0.05) is 35.0 Å². The van der Waals surface area contributed by atoms with Gasteiger partial charge in [-0.25, -0.2) is 0 Å². The van der Waals surface area contributed by atoms with Gasteiger partial charge in [-0.05, 0) is 50.6 Å². The predicted molar refractivity (Wildman–Crippen MR) is 114 cm³/mol. The number of aliphatic hydroxyl groups is 1. The van der Waals surface area contributed by atoms with Gasteiger partial charge < -0.3 is 34.0 Å². The third-order valence-electron chi connectivity index (χ3n) is 5.02. The molecule has 0 fully saturated rings. The lowest BCUT2D eigenvalue weighted by Gasteiger charge is -2.19. The summed E-state index contributed by atoms with van der Waals surface area (Å²) in [5, 5.41) is 12.0. The van der Waals surface area contributed by atoms with E-state index in [-0.39, 0.29) is 30.6 Å². The Kier molecular flexibility index (Phi) is 6.68. The smallest absolute Gasteiger partial charge is 0.212 e. The fourth-order valence-corrected chi connectivity index (χ4v) is 4.95. The van der Waals surface area contributed by atoms with Crippen LogP contribution in [0, 0.1) is 13.8 Å². The lowest BCUT2D eigenvalue weighted by atomic mass is 10.1. The third-order valence-corrected chi connectivity index (χ3v) is 6.11. The number of halogens is 1. The molecule has 1 aliphatic heterocycles. The summed E-state index contributed by atoms with van der Waals surface area (Å²) in [6.07, 6.45) is 2.25. The summed E-state index contributed by atoms with van der Waals surface area (Å²) in [7, 11) is 0. The number of thioether (sulfide) groups is 1. The van der Waals surface area contributed by atoms with Crippen molar-refractivity contribution in [2.45, 2.75) is 32.2 Å². The number of aromatic nitrogens is 1. The largest absolute Gasteiger partial charge is 1.00 e. The highest BCUT2D eigenvalue weighted by atomic mass is 127. The first-order valence-electron chi connectivity index (χ1n) is 9.42. The summed E-state index contributed by atoms with van der Waals surface area (Å²) < 4.78 is 2.35. The maximum atomic E-state index is 9.58. The molecule has 1 aromatic heterocycles. The zero-order valence-corrected chi connectivity index (χ0v) is 19.4. The van der Waals surface area contributed by atoms with E-state index < -0.39 is 0 Å². The first-order valence-corrected chi connectivity index (χ1v) is 10.2. The van der Waals surface area contributed by atoms with Crippen LogP contribution in [-0.2, 0) is 6.54 Å². The van der Waals surface area contributed by atoms with Crippen LogP contribution in [0.15, 0.2) is 58.5 Å². The Labute approximate surface area is 188 Å². The summed E-state index contributed by atoms with van der Waals surface area (Å²) in [4.78, 5) is 3.48. The summed E-state index contributed by atoms with van der Waals surface area (Å²) in [6.45, 7) is 8.09. The van der Waals surface area contributed by atoms with E-state index in [1.54, 1.807) is 11.8 Å². The monoisotopic (exact) mass is 504 g/mol. The first-order chi connectivity index (χ1) is 13.1. The molecule has 0 amide bonds. The van der Waals surface area contributed by atoms with Gasteiger partial charge in [-0.1, -0.05) is 29.5 Å². The normalized spacial score (nSPS) is 14.4. The summed E-state index contributed by atoms with van der Waals surface area (Å²) >= 11 is 1.78. The molecule has 1 aliphatic rings. The van der Waals surface area contributed by atoms with Gasteiger partial charge in [0.15, 0.2) is 0 Å². The highest BCUT2D eigenvalue weighted by Crippen LogP contribution is 2.46. The standard InChI is InChI=1S/C23H25N2OS.HI/c1-4-24-19(8-7-18-13-16(2)5-9-20(18)24)15-23-25(11-12-26)21-10-6-17(3)14-22(21)27-23;/h5-10,13-15,26H,4,11-12H2,1-3H3;1H/q+1;/p-1. The number of aliphatic hydroxyl groups excluding tert-OH is 1. The van der Waals surface area contributed by atoms with Crippen molar-refractivity contribution >= 4 is 34.4 Å². The molecule has 28 heavy (non-hydrogen) atoms. The minimum atomic E-state index is 0. The molecule has 2 heterocycles. The van der Waals surface area contributed by atoms with Crippen LogP contribution in [0.2, 0.25) is 0 Å². The summed E-state index contributed by atoms with van der Waals surface area (Å²) in [5.41, 5.74) is 6.16. The van der Waals surface area contributed by atoms with Crippen LogP contribution in [0.1, 0.15) is 23.7 Å². The fourth-order valence-electron chi connectivity index (χ4n) is 3.71. The van der Waals surface area contributed by atoms with E-state index >= 15 is 0 Å². The first kappa shape index (κ1) is 21.1. The van der Waals surface area contributed by atoms with Gasteiger partial charge in [-0.3, -0.25) is 0 Å². The molecule has 0 bridgehead atoms. The number of anilines is 1. The van der Waals surface area contributed by atoms with Crippen molar-refractivity contribution in [3.05, 3.63) is 70.4 Å². The van der Waals surface area contributed by atoms with Crippen LogP contribution < -0.4 is 33.4 Å². The molecule has 1 N–H and O–H groups in total. The number of β-amino-alcohol motifs (C(OH)–C–C–N with tert-alkyl or cyclic N) is 1. The van der Waals surface area contributed by atoms with Crippen LogP contribution in [0.25, 0.3) is 17.0 Å². The zero-order valence-electron chi connectivity index (χ0n) is 16.4. The van der Waals surface area contributed by atoms with E-state index in [9.17, 15) is 5.11 Å². The second-order valence-electron chi connectivity index (χ2n) is 7.00. The highest BCUT2D eigenvalue weighted by molar-refractivity contribution is 8.03. The summed E-state index contributed by atoms with van der Waals surface area (Å²) in [6, 6.07) is 17.5. The minimum absolute atomic E-state index is 0. The van der Waals surface area contributed by atoms with Gasteiger partial charge >= 0.3 is 0 Å². The Balaban J connectivity index is 0.00000225. The van der Waals surface area contributed by atoms with Crippen molar-refractivity contribution in [1.82, 2.24) is 0 Å². The molecule has 3 aromatic rings. The zero-order chi connectivity index (χ0) is 19.0. The maximum absolute atomic E-state index is 9.58.